The summed E-state index contributed by atoms with van der Waals surface area (Å²) in [7, 11) is 0. The molecule has 4 bridgehead atoms. The number of alkyl halides is 3. The topological polar surface area (TPSA) is 60.5 Å². The third kappa shape index (κ3) is 3.31. The van der Waals surface area contributed by atoms with Crippen molar-refractivity contribution in [1.82, 2.24) is 4.98 Å². The van der Waals surface area contributed by atoms with E-state index in [0.717, 1.165) is 37.1 Å². The number of hydrogen-bond donors (Lipinski definition) is 0. The van der Waals surface area contributed by atoms with Crippen LogP contribution in [0.4, 0.5) is 13.2 Å². The van der Waals surface area contributed by atoms with Crippen molar-refractivity contribution < 1.29 is 13.2 Å². The maximum Gasteiger partial charge on any atom is 0.417 e. The average Bonchev–Trinajstić information content (AvgIpc) is 2.59. The highest BCUT2D eigenvalue weighted by Gasteiger charge is 2.53. The van der Waals surface area contributed by atoms with E-state index in [-0.39, 0.29) is 16.9 Å². The summed E-state index contributed by atoms with van der Waals surface area (Å²) in [4.78, 5) is 4.61. The zero-order valence-electron chi connectivity index (χ0n) is 14.9. The molecule has 0 atom stereocenters. The summed E-state index contributed by atoms with van der Waals surface area (Å²) in [6.07, 6.45) is 1.96. The normalized spacial score (nSPS) is 31.5. The van der Waals surface area contributed by atoms with Crippen LogP contribution >= 0.6 is 11.8 Å². The zero-order valence-corrected chi connectivity index (χ0v) is 15.7. The minimum absolute atomic E-state index is 0.133. The molecular weight excluding hydrogens is 371 g/mol. The summed E-state index contributed by atoms with van der Waals surface area (Å²) >= 11 is 1.09. The van der Waals surface area contributed by atoms with Crippen molar-refractivity contribution in [2.45, 2.75) is 61.6 Å². The number of halogens is 3. The molecule has 5 rings (SSSR count). The molecule has 4 saturated carbocycles. The Labute approximate surface area is 161 Å². The van der Waals surface area contributed by atoms with Crippen LogP contribution in [0.15, 0.2) is 11.1 Å². The first-order valence-corrected chi connectivity index (χ1v) is 10.4. The van der Waals surface area contributed by atoms with E-state index in [2.05, 4.69) is 4.98 Å². The fourth-order valence-corrected chi connectivity index (χ4v) is 6.70. The van der Waals surface area contributed by atoms with Crippen LogP contribution in [0.3, 0.4) is 0 Å². The highest BCUT2D eigenvalue weighted by Crippen LogP contribution is 2.60. The van der Waals surface area contributed by atoms with Gasteiger partial charge in [0.25, 0.3) is 0 Å². The molecule has 0 aliphatic heterocycles. The molecule has 1 heterocycles. The number of nitriles is 2. The average molecular weight is 391 g/mol. The van der Waals surface area contributed by atoms with Crippen molar-refractivity contribution in [3.8, 4) is 12.1 Å². The van der Waals surface area contributed by atoms with Crippen molar-refractivity contribution in [2.75, 3.05) is 5.75 Å². The monoisotopic (exact) mass is 391 g/mol. The lowest BCUT2D eigenvalue weighted by atomic mass is 9.48. The largest absolute Gasteiger partial charge is 0.417 e. The van der Waals surface area contributed by atoms with Gasteiger partial charge in [0.05, 0.1) is 17.2 Å². The first-order chi connectivity index (χ1) is 12.8. The second-order valence-corrected chi connectivity index (χ2v) is 9.38. The highest BCUT2D eigenvalue weighted by molar-refractivity contribution is 7.99. The molecular formula is C20H20F3N3S. The molecule has 0 aromatic carbocycles. The van der Waals surface area contributed by atoms with Gasteiger partial charge in [0.1, 0.15) is 11.1 Å². The number of pyridine rings is 1. The number of nitrogens with zero attached hydrogens (tertiary/aromatic N) is 3. The highest BCUT2D eigenvalue weighted by atomic mass is 32.2. The van der Waals surface area contributed by atoms with Crippen LogP contribution in [0.5, 0.6) is 0 Å². The minimum atomic E-state index is -4.59. The van der Waals surface area contributed by atoms with Crippen LogP contribution in [0.25, 0.3) is 0 Å². The second kappa shape index (κ2) is 6.71. The molecule has 0 amide bonds. The van der Waals surface area contributed by atoms with E-state index in [1.807, 2.05) is 6.07 Å². The van der Waals surface area contributed by atoms with Crippen molar-refractivity contribution in [1.29, 1.82) is 10.5 Å². The zero-order chi connectivity index (χ0) is 19.2. The molecule has 0 radical (unpaired) electrons. The second-order valence-electron chi connectivity index (χ2n) is 8.30. The molecule has 0 unspecified atom stereocenters. The summed E-state index contributed by atoms with van der Waals surface area (Å²) in [6, 6.07) is 4.85. The summed E-state index contributed by atoms with van der Waals surface area (Å²) in [5, 5.41) is 18.2. The number of thioether (sulfide) groups is 1. The Morgan fingerprint density at radius 2 is 1.70 bits per heavy atom. The molecule has 0 N–H and O–H groups in total. The van der Waals surface area contributed by atoms with E-state index < -0.39 is 17.3 Å². The van der Waals surface area contributed by atoms with Crippen LogP contribution in [-0.2, 0) is 11.6 Å². The summed E-state index contributed by atoms with van der Waals surface area (Å²) < 4.78 is 41.1. The summed E-state index contributed by atoms with van der Waals surface area (Å²) in [6.45, 7) is 0. The van der Waals surface area contributed by atoms with Gasteiger partial charge in [-0.2, -0.15) is 23.7 Å². The SMILES string of the molecule is N#CCCSc1nc(C23CC4CC(CC(C4)C2)C3)cc(C(F)(F)F)c1C#N. The van der Waals surface area contributed by atoms with Crippen LogP contribution in [-0.4, -0.2) is 10.7 Å². The fraction of sp³-hybridized carbons (Fsp3) is 0.650. The van der Waals surface area contributed by atoms with Gasteiger partial charge < -0.3 is 0 Å². The Balaban J connectivity index is 1.80. The van der Waals surface area contributed by atoms with Gasteiger partial charge in [-0.05, 0) is 62.3 Å². The van der Waals surface area contributed by atoms with E-state index in [0.29, 0.717) is 29.2 Å². The summed E-state index contributed by atoms with van der Waals surface area (Å²) in [5.74, 6) is 2.12. The van der Waals surface area contributed by atoms with E-state index in [9.17, 15) is 18.4 Å². The van der Waals surface area contributed by atoms with Crippen LogP contribution in [0, 0.1) is 40.4 Å². The van der Waals surface area contributed by atoms with Crippen LogP contribution < -0.4 is 0 Å². The Kier molecular flexibility index (Phi) is 4.63. The lowest BCUT2D eigenvalue weighted by molar-refractivity contribution is -0.138. The first kappa shape index (κ1) is 18.6. The molecule has 4 aliphatic carbocycles. The van der Waals surface area contributed by atoms with Gasteiger partial charge in [-0.25, -0.2) is 4.98 Å². The molecule has 1 aromatic heterocycles. The lowest BCUT2D eigenvalue weighted by Crippen LogP contribution is -2.49. The van der Waals surface area contributed by atoms with Crippen molar-refractivity contribution in [2.24, 2.45) is 17.8 Å². The standard InChI is InChI=1S/C20H20F3N3S/c21-20(22,23)16-7-17(26-18(15(16)11-25)27-3-1-2-24)19-8-12-4-13(9-19)6-14(5-12)10-19/h7,12-14H,1,3-6,8-10H2. The summed E-state index contributed by atoms with van der Waals surface area (Å²) in [5.41, 5.74) is -1.02. The van der Waals surface area contributed by atoms with Crippen molar-refractivity contribution >= 4 is 11.8 Å². The predicted octanol–water partition coefficient (Wildman–Crippen LogP) is 5.45. The molecule has 142 valence electrons. The van der Waals surface area contributed by atoms with E-state index in [1.54, 1.807) is 6.07 Å². The first-order valence-electron chi connectivity index (χ1n) is 9.37. The Hall–Kier alpha value is -1.73. The fourth-order valence-electron chi connectivity index (χ4n) is 5.85. The predicted molar refractivity (Wildman–Crippen MR) is 94.8 cm³/mol. The van der Waals surface area contributed by atoms with Gasteiger partial charge in [-0.15, -0.1) is 11.8 Å². The van der Waals surface area contributed by atoms with Gasteiger partial charge in [0.15, 0.2) is 0 Å². The number of aromatic nitrogens is 1. The maximum atomic E-state index is 13.7. The molecule has 1 aromatic rings. The Morgan fingerprint density at radius 1 is 1.11 bits per heavy atom. The quantitative estimate of drug-likeness (QED) is 0.506. The van der Waals surface area contributed by atoms with Crippen LogP contribution in [0.2, 0.25) is 0 Å². The van der Waals surface area contributed by atoms with Gasteiger partial charge in [0.2, 0.25) is 0 Å². The third-order valence-electron chi connectivity index (χ3n) is 6.44. The molecule has 4 aliphatic rings. The number of hydrogen-bond acceptors (Lipinski definition) is 4. The van der Waals surface area contributed by atoms with Crippen molar-refractivity contribution in [3.63, 3.8) is 0 Å². The van der Waals surface area contributed by atoms with Gasteiger partial charge in [-0.1, -0.05) is 0 Å². The van der Waals surface area contributed by atoms with E-state index in [1.165, 1.54) is 19.3 Å². The Morgan fingerprint density at radius 3 is 2.19 bits per heavy atom. The van der Waals surface area contributed by atoms with Gasteiger partial charge in [0, 0.05) is 23.3 Å². The smallest absolute Gasteiger partial charge is 0.245 e. The molecule has 7 heteroatoms. The molecule has 27 heavy (non-hydrogen) atoms. The third-order valence-corrected chi connectivity index (χ3v) is 7.41. The maximum absolute atomic E-state index is 13.7. The van der Waals surface area contributed by atoms with E-state index in [4.69, 9.17) is 5.26 Å². The lowest BCUT2D eigenvalue weighted by Gasteiger charge is -2.56. The van der Waals surface area contributed by atoms with Gasteiger partial charge in [-0.3, -0.25) is 0 Å². The molecule has 0 spiro atoms. The Bertz CT molecular complexity index is 799. The molecule has 4 fully saturated rings. The van der Waals surface area contributed by atoms with E-state index >= 15 is 0 Å². The van der Waals surface area contributed by atoms with Crippen LogP contribution in [0.1, 0.15) is 61.8 Å². The molecule has 0 saturated heterocycles. The minimum Gasteiger partial charge on any atom is -0.245 e. The number of rotatable bonds is 4. The van der Waals surface area contributed by atoms with Gasteiger partial charge >= 0.3 is 6.18 Å². The van der Waals surface area contributed by atoms with Crippen molar-refractivity contribution in [3.05, 3.63) is 22.9 Å². The molecule has 3 nitrogen and oxygen atoms in total.